The van der Waals surface area contributed by atoms with Gasteiger partial charge in [0.15, 0.2) is 14.4 Å². The van der Waals surface area contributed by atoms with E-state index < -0.39 is 5.97 Å². The number of thiazole rings is 1. The molecule has 0 amide bonds. The van der Waals surface area contributed by atoms with E-state index in [1.54, 1.807) is 6.20 Å². The zero-order valence-electron chi connectivity index (χ0n) is 9.02. The molecule has 0 saturated carbocycles. The van der Waals surface area contributed by atoms with E-state index in [4.69, 9.17) is 11.6 Å². The summed E-state index contributed by atoms with van der Waals surface area (Å²) in [5.74, 6) is -0.482. The van der Waals surface area contributed by atoms with Crippen molar-refractivity contribution in [2.24, 2.45) is 0 Å². The number of carbonyl (C=O) groups excluding carboxylic acids is 1. The van der Waals surface area contributed by atoms with Crippen LogP contribution in [0, 0.1) is 0 Å². The summed E-state index contributed by atoms with van der Waals surface area (Å²) < 4.78 is 6.12. The summed E-state index contributed by atoms with van der Waals surface area (Å²) in [6.07, 6.45) is 1.68. The Bertz CT molecular complexity index is 591. The smallest absolute Gasteiger partial charge is 0.351 e. The highest BCUT2D eigenvalue weighted by molar-refractivity contribution is 9.10. The summed E-state index contributed by atoms with van der Waals surface area (Å²) in [7, 11) is 1.31. The number of ether oxygens (including phenoxy) is 1. The van der Waals surface area contributed by atoms with Crippen molar-refractivity contribution >= 4 is 56.6 Å². The highest BCUT2D eigenvalue weighted by Gasteiger charge is 2.18. The molecule has 8 heteroatoms. The van der Waals surface area contributed by atoms with Crippen LogP contribution in [0.5, 0.6) is 0 Å². The van der Waals surface area contributed by atoms with Gasteiger partial charge in [0, 0.05) is 6.20 Å². The van der Waals surface area contributed by atoms with Crippen LogP contribution in [0.3, 0.4) is 0 Å². The number of nitrogens with zero attached hydrogens (tertiary/aromatic N) is 2. The van der Waals surface area contributed by atoms with E-state index in [-0.39, 0.29) is 5.15 Å². The molecule has 0 spiro atoms. The van der Waals surface area contributed by atoms with E-state index in [1.165, 1.54) is 30.2 Å². The van der Waals surface area contributed by atoms with Gasteiger partial charge in [-0.3, -0.25) is 0 Å². The molecule has 2 heterocycles. The third kappa shape index (κ3) is 3.03. The number of esters is 1. The number of methoxy groups -OCH3 is 1. The molecule has 0 fully saturated rings. The van der Waals surface area contributed by atoms with Crippen molar-refractivity contribution in [3.8, 4) is 0 Å². The third-order valence-corrected chi connectivity index (χ3v) is 5.25. The number of pyridine rings is 1. The molecule has 0 N–H and O–H groups in total. The molecule has 18 heavy (non-hydrogen) atoms. The second-order valence-corrected chi connectivity index (χ2v) is 6.43. The molecule has 2 aromatic rings. The molecular formula is C10H6BrClN2O2S2. The van der Waals surface area contributed by atoms with Crippen molar-refractivity contribution in [3.05, 3.63) is 32.8 Å². The zero-order chi connectivity index (χ0) is 13.1. The van der Waals surface area contributed by atoms with E-state index in [0.717, 1.165) is 9.50 Å². The van der Waals surface area contributed by atoms with Crippen molar-refractivity contribution in [1.82, 2.24) is 9.97 Å². The minimum atomic E-state index is -0.482. The average Bonchev–Trinajstić information content (AvgIpc) is 2.72. The van der Waals surface area contributed by atoms with Crippen LogP contribution in [0.2, 0.25) is 5.15 Å². The van der Waals surface area contributed by atoms with Gasteiger partial charge >= 0.3 is 5.97 Å². The number of rotatable bonds is 3. The maximum Gasteiger partial charge on any atom is 0.351 e. The maximum atomic E-state index is 11.4. The van der Waals surface area contributed by atoms with E-state index in [2.05, 4.69) is 30.6 Å². The Hall–Kier alpha value is -0.630. The fraction of sp³-hybridized carbons (Fsp3) is 0.100. The molecule has 2 rings (SSSR count). The van der Waals surface area contributed by atoms with E-state index in [1.807, 2.05) is 12.1 Å². The molecule has 0 aliphatic heterocycles. The first kappa shape index (κ1) is 13.8. The predicted octanol–water partition coefficient (Wildman–Crippen LogP) is 3.89. The van der Waals surface area contributed by atoms with Crippen LogP contribution < -0.4 is 0 Å². The summed E-state index contributed by atoms with van der Waals surface area (Å²) in [4.78, 5) is 20.0. The molecule has 0 atom stereocenters. The van der Waals surface area contributed by atoms with Crippen molar-refractivity contribution < 1.29 is 9.53 Å². The standard InChI is InChI=1S/C10H6BrClN2O2S2/c1-16-9(15)6-7(12)14-10(17-6)18-8-5(11)3-2-4-13-8/h2-4H,1H3. The predicted molar refractivity (Wildman–Crippen MR) is 74.5 cm³/mol. The van der Waals surface area contributed by atoms with Crippen LogP contribution in [-0.4, -0.2) is 23.0 Å². The lowest BCUT2D eigenvalue weighted by Crippen LogP contribution is -1.98. The Labute approximate surface area is 125 Å². The molecule has 0 aliphatic rings. The van der Waals surface area contributed by atoms with Gasteiger partial charge in [-0.25, -0.2) is 14.8 Å². The molecule has 0 aliphatic carbocycles. The highest BCUT2D eigenvalue weighted by atomic mass is 79.9. The van der Waals surface area contributed by atoms with Gasteiger partial charge in [0.25, 0.3) is 0 Å². The van der Waals surface area contributed by atoms with Gasteiger partial charge in [0.2, 0.25) is 0 Å². The van der Waals surface area contributed by atoms with Crippen LogP contribution in [0.4, 0.5) is 0 Å². The van der Waals surface area contributed by atoms with Crippen molar-refractivity contribution in [2.75, 3.05) is 7.11 Å². The molecule has 0 saturated heterocycles. The first-order valence-corrected chi connectivity index (χ1v) is 7.45. The number of hydrogen-bond acceptors (Lipinski definition) is 6. The summed E-state index contributed by atoms with van der Waals surface area (Å²) in [6, 6.07) is 3.70. The summed E-state index contributed by atoms with van der Waals surface area (Å²) in [6.45, 7) is 0. The van der Waals surface area contributed by atoms with Crippen LogP contribution in [0.15, 0.2) is 32.2 Å². The van der Waals surface area contributed by atoms with E-state index >= 15 is 0 Å². The van der Waals surface area contributed by atoms with Crippen LogP contribution >= 0.6 is 50.6 Å². The van der Waals surface area contributed by atoms with Gasteiger partial charge < -0.3 is 4.74 Å². The Morgan fingerprint density at radius 3 is 3.06 bits per heavy atom. The maximum absolute atomic E-state index is 11.4. The van der Waals surface area contributed by atoms with E-state index in [0.29, 0.717) is 9.22 Å². The summed E-state index contributed by atoms with van der Waals surface area (Å²) >= 11 is 11.8. The highest BCUT2D eigenvalue weighted by Crippen LogP contribution is 2.36. The number of aromatic nitrogens is 2. The number of carbonyl (C=O) groups is 1. The van der Waals surface area contributed by atoms with Crippen molar-refractivity contribution in [3.63, 3.8) is 0 Å². The van der Waals surface area contributed by atoms with Crippen LogP contribution in [-0.2, 0) is 4.74 Å². The Morgan fingerprint density at radius 1 is 1.61 bits per heavy atom. The molecule has 4 nitrogen and oxygen atoms in total. The zero-order valence-corrected chi connectivity index (χ0v) is 13.0. The minimum Gasteiger partial charge on any atom is -0.465 e. The van der Waals surface area contributed by atoms with Crippen LogP contribution in [0.1, 0.15) is 9.67 Å². The molecular weight excluding hydrogens is 360 g/mol. The monoisotopic (exact) mass is 364 g/mol. The largest absolute Gasteiger partial charge is 0.465 e. The van der Waals surface area contributed by atoms with Gasteiger partial charge in [-0.05, 0) is 39.8 Å². The Balaban J connectivity index is 2.26. The summed E-state index contributed by atoms with van der Waals surface area (Å²) in [5.41, 5.74) is 0. The lowest BCUT2D eigenvalue weighted by atomic mass is 10.5. The topological polar surface area (TPSA) is 52.1 Å². The number of hydrogen-bond donors (Lipinski definition) is 0. The van der Waals surface area contributed by atoms with E-state index in [9.17, 15) is 4.79 Å². The van der Waals surface area contributed by atoms with Crippen LogP contribution in [0.25, 0.3) is 0 Å². The third-order valence-electron chi connectivity index (χ3n) is 1.85. The lowest BCUT2D eigenvalue weighted by molar-refractivity contribution is 0.0606. The Kier molecular flexibility index (Phi) is 4.60. The number of halogens is 2. The molecule has 0 unspecified atom stereocenters. The molecule has 0 bridgehead atoms. The molecule has 0 aromatic carbocycles. The SMILES string of the molecule is COC(=O)c1sc(Sc2ncccc2Br)nc1Cl. The fourth-order valence-corrected chi connectivity index (χ4v) is 3.79. The van der Waals surface area contributed by atoms with Crippen molar-refractivity contribution in [1.29, 1.82) is 0 Å². The quantitative estimate of drug-likeness (QED) is 0.772. The molecule has 0 radical (unpaired) electrons. The second kappa shape index (κ2) is 6.01. The molecule has 2 aromatic heterocycles. The second-order valence-electron chi connectivity index (χ2n) is 2.98. The van der Waals surface area contributed by atoms with Gasteiger partial charge in [0.1, 0.15) is 5.03 Å². The lowest BCUT2D eigenvalue weighted by Gasteiger charge is -1.98. The molecule has 94 valence electrons. The van der Waals surface area contributed by atoms with Gasteiger partial charge in [0.05, 0.1) is 11.6 Å². The van der Waals surface area contributed by atoms with Gasteiger partial charge in [-0.15, -0.1) is 0 Å². The minimum absolute atomic E-state index is 0.154. The average molecular weight is 366 g/mol. The first-order valence-electron chi connectivity index (χ1n) is 4.65. The van der Waals surface area contributed by atoms with Gasteiger partial charge in [-0.1, -0.05) is 22.9 Å². The first-order chi connectivity index (χ1) is 8.61. The van der Waals surface area contributed by atoms with Gasteiger partial charge in [-0.2, -0.15) is 0 Å². The normalized spacial score (nSPS) is 10.4. The Morgan fingerprint density at radius 2 is 2.39 bits per heavy atom. The summed E-state index contributed by atoms with van der Waals surface area (Å²) in [5, 5.41) is 0.917. The van der Waals surface area contributed by atoms with Crippen molar-refractivity contribution in [2.45, 2.75) is 9.37 Å². The fourth-order valence-electron chi connectivity index (χ4n) is 1.07.